The van der Waals surface area contributed by atoms with Crippen LogP contribution in [0.3, 0.4) is 0 Å². The van der Waals surface area contributed by atoms with Gasteiger partial charge in [-0.25, -0.2) is 0 Å². The molecule has 100 valence electrons. The Kier molecular flexibility index (Phi) is 4.90. The minimum Gasteiger partial charge on any atom is -0.373 e. The molecule has 0 N–H and O–H groups in total. The van der Waals surface area contributed by atoms with E-state index in [0.717, 1.165) is 18.6 Å². The molecule has 0 saturated heterocycles. The lowest BCUT2D eigenvalue weighted by Crippen LogP contribution is -2.12. The van der Waals surface area contributed by atoms with Crippen molar-refractivity contribution in [2.45, 2.75) is 26.4 Å². The molecule has 0 amide bonds. The van der Waals surface area contributed by atoms with Gasteiger partial charge in [0.2, 0.25) is 0 Å². The minimum absolute atomic E-state index is 0.0972. The summed E-state index contributed by atoms with van der Waals surface area (Å²) in [6, 6.07) is 3.10. The molecule has 5 heteroatoms. The monoisotopic (exact) mass is 260 g/mol. The summed E-state index contributed by atoms with van der Waals surface area (Å²) in [5.41, 5.74) is -0.153. The first-order valence-corrected chi connectivity index (χ1v) is 5.65. The number of alkyl halides is 3. The van der Waals surface area contributed by atoms with Gasteiger partial charge < -0.3 is 4.74 Å². The first-order valence-electron chi connectivity index (χ1n) is 5.65. The highest BCUT2D eigenvalue weighted by Crippen LogP contribution is 2.30. The number of benzene rings is 1. The van der Waals surface area contributed by atoms with Crippen LogP contribution < -0.4 is 0 Å². The van der Waals surface area contributed by atoms with Gasteiger partial charge in [0, 0.05) is 12.2 Å². The summed E-state index contributed by atoms with van der Waals surface area (Å²) in [4.78, 5) is 11.7. The third-order valence-electron chi connectivity index (χ3n) is 2.44. The van der Waals surface area contributed by atoms with Gasteiger partial charge in [-0.2, -0.15) is 13.2 Å². The summed E-state index contributed by atoms with van der Waals surface area (Å²) < 4.78 is 42.4. The van der Waals surface area contributed by atoms with E-state index >= 15 is 0 Å². The highest BCUT2D eigenvalue weighted by molar-refractivity contribution is 5.98. The van der Waals surface area contributed by atoms with E-state index in [0.29, 0.717) is 12.2 Å². The number of ether oxygens (including phenoxy) is 1. The second-order valence-corrected chi connectivity index (χ2v) is 4.00. The molecule has 2 nitrogen and oxygen atoms in total. The Morgan fingerprint density at radius 1 is 1.33 bits per heavy atom. The van der Waals surface area contributed by atoms with Gasteiger partial charge in [0.05, 0.1) is 5.56 Å². The molecule has 0 atom stereocenters. The highest BCUT2D eigenvalue weighted by atomic mass is 19.4. The molecular formula is C13H15F3O2. The van der Waals surface area contributed by atoms with E-state index in [1.165, 1.54) is 13.0 Å². The first-order chi connectivity index (χ1) is 8.36. The lowest BCUT2D eigenvalue weighted by atomic mass is 10.0. The first kappa shape index (κ1) is 14.7. The fourth-order valence-electron chi connectivity index (χ4n) is 1.54. The number of carbonyl (C=O) groups excluding carboxylic acids is 1. The fraction of sp³-hybridized carbons (Fsp3) is 0.462. The third kappa shape index (κ3) is 3.84. The maximum atomic E-state index is 12.4. The van der Waals surface area contributed by atoms with Gasteiger partial charge in [0.1, 0.15) is 6.61 Å². The van der Waals surface area contributed by atoms with E-state index in [9.17, 15) is 18.0 Å². The Morgan fingerprint density at radius 2 is 2.00 bits per heavy atom. The van der Waals surface area contributed by atoms with Crippen LogP contribution in [0.1, 0.15) is 34.8 Å². The molecule has 1 aromatic carbocycles. The second-order valence-electron chi connectivity index (χ2n) is 4.00. The van der Waals surface area contributed by atoms with Crippen LogP contribution in [0.4, 0.5) is 13.2 Å². The van der Waals surface area contributed by atoms with Gasteiger partial charge in [-0.05, 0) is 31.0 Å². The van der Waals surface area contributed by atoms with E-state index in [1.54, 1.807) is 0 Å². The summed E-state index contributed by atoms with van der Waals surface area (Å²) in [7, 11) is 0. The van der Waals surface area contributed by atoms with Crippen LogP contribution in [-0.2, 0) is 10.9 Å². The molecule has 0 heterocycles. The van der Waals surface area contributed by atoms with E-state index in [1.807, 2.05) is 6.92 Å². The Hall–Kier alpha value is -1.36. The molecule has 0 fully saturated rings. The molecule has 0 saturated carbocycles. The molecule has 18 heavy (non-hydrogen) atoms. The zero-order valence-corrected chi connectivity index (χ0v) is 10.3. The van der Waals surface area contributed by atoms with Crippen molar-refractivity contribution in [2.24, 2.45) is 0 Å². The summed E-state index contributed by atoms with van der Waals surface area (Å²) in [5, 5.41) is 0. The maximum absolute atomic E-state index is 12.4. The largest absolute Gasteiger partial charge is 0.416 e. The molecule has 0 aromatic heterocycles. The van der Waals surface area contributed by atoms with Crippen molar-refractivity contribution in [3.63, 3.8) is 0 Å². The lowest BCUT2D eigenvalue weighted by molar-refractivity contribution is -0.137. The van der Waals surface area contributed by atoms with Crippen LogP contribution in [0.25, 0.3) is 0 Å². The van der Waals surface area contributed by atoms with Gasteiger partial charge in [-0.15, -0.1) is 0 Å². The van der Waals surface area contributed by atoms with Crippen LogP contribution in [0.5, 0.6) is 0 Å². The second kappa shape index (κ2) is 6.00. The van der Waals surface area contributed by atoms with E-state index in [-0.39, 0.29) is 18.0 Å². The van der Waals surface area contributed by atoms with Crippen LogP contribution in [0.15, 0.2) is 18.2 Å². The maximum Gasteiger partial charge on any atom is 0.416 e. The van der Waals surface area contributed by atoms with Gasteiger partial charge >= 0.3 is 6.18 Å². The lowest BCUT2D eigenvalue weighted by Gasteiger charge is -2.10. The number of Topliss-reactive ketones (excluding diaryl/α,β-unsaturated/α-hetero) is 1. The summed E-state index contributed by atoms with van der Waals surface area (Å²) in [6.07, 6.45) is -3.59. The van der Waals surface area contributed by atoms with Crippen molar-refractivity contribution in [3.05, 3.63) is 34.9 Å². The van der Waals surface area contributed by atoms with E-state index in [2.05, 4.69) is 0 Å². The van der Waals surface area contributed by atoms with Crippen molar-refractivity contribution >= 4 is 5.78 Å². The SMILES string of the molecule is CCCOCC(=O)c1ccc(C(F)(F)F)cc1C. The summed E-state index contributed by atoms with van der Waals surface area (Å²) in [6.45, 7) is 3.77. The van der Waals surface area contributed by atoms with Crippen molar-refractivity contribution in [1.82, 2.24) is 0 Å². The molecule has 0 aliphatic rings. The average molecular weight is 260 g/mol. The van der Waals surface area contributed by atoms with Crippen LogP contribution in [-0.4, -0.2) is 19.0 Å². The molecule has 1 rings (SSSR count). The van der Waals surface area contributed by atoms with Crippen molar-refractivity contribution in [3.8, 4) is 0 Å². The van der Waals surface area contributed by atoms with Crippen LogP contribution in [0, 0.1) is 6.92 Å². The molecule has 0 radical (unpaired) electrons. The molecule has 0 unspecified atom stereocenters. The molecule has 0 bridgehead atoms. The van der Waals surface area contributed by atoms with Crippen molar-refractivity contribution in [1.29, 1.82) is 0 Å². The zero-order valence-electron chi connectivity index (χ0n) is 10.3. The zero-order chi connectivity index (χ0) is 13.8. The number of carbonyl (C=O) groups is 1. The number of halogens is 3. The summed E-state index contributed by atoms with van der Waals surface area (Å²) in [5.74, 6) is -0.297. The Bertz CT molecular complexity index is 425. The fourth-order valence-corrected chi connectivity index (χ4v) is 1.54. The Balaban J connectivity index is 2.82. The predicted octanol–water partition coefficient (Wildman–Crippen LogP) is 3.62. The van der Waals surface area contributed by atoms with Crippen molar-refractivity contribution < 1.29 is 22.7 Å². The van der Waals surface area contributed by atoms with E-state index in [4.69, 9.17) is 4.74 Å². The van der Waals surface area contributed by atoms with Gasteiger partial charge in [-0.1, -0.05) is 13.0 Å². The number of aryl methyl sites for hydroxylation is 1. The molecule has 1 aromatic rings. The highest BCUT2D eigenvalue weighted by Gasteiger charge is 2.30. The third-order valence-corrected chi connectivity index (χ3v) is 2.44. The minimum atomic E-state index is -4.38. The normalized spacial score (nSPS) is 11.6. The topological polar surface area (TPSA) is 26.3 Å². The Morgan fingerprint density at radius 3 is 2.50 bits per heavy atom. The molecule has 0 aliphatic heterocycles. The van der Waals surface area contributed by atoms with E-state index < -0.39 is 11.7 Å². The predicted molar refractivity (Wildman–Crippen MR) is 61.6 cm³/mol. The Labute approximate surface area is 104 Å². The molecule has 0 spiro atoms. The average Bonchev–Trinajstić information content (AvgIpc) is 2.27. The van der Waals surface area contributed by atoms with Crippen molar-refractivity contribution in [2.75, 3.05) is 13.2 Å². The summed E-state index contributed by atoms with van der Waals surface area (Å²) >= 11 is 0. The van der Waals surface area contributed by atoms with Crippen LogP contribution in [0.2, 0.25) is 0 Å². The van der Waals surface area contributed by atoms with Crippen LogP contribution >= 0.6 is 0 Å². The standard InChI is InChI=1S/C13H15F3O2/c1-3-6-18-8-12(17)11-5-4-10(7-9(11)2)13(14,15)16/h4-5,7H,3,6,8H2,1-2H3. The number of hydrogen-bond donors (Lipinski definition) is 0. The smallest absolute Gasteiger partial charge is 0.373 e. The van der Waals surface area contributed by atoms with Gasteiger partial charge in [-0.3, -0.25) is 4.79 Å². The number of hydrogen-bond acceptors (Lipinski definition) is 2. The number of ketones is 1. The molecule has 0 aliphatic carbocycles. The van der Waals surface area contributed by atoms with Gasteiger partial charge in [0.15, 0.2) is 5.78 Å². The quantitative estimate of drug-likeness (QED) is 0.597. The number of rotatable bonds is 5. The molecular weight excluding hydrogens is 245 g/mol. The van der Waals surface area contributed by atoms with Gasteiger partial charge in [0.25, 0.3) is 0 Å².